The van der Waals surface area contributed by atoms with E-state index in [1.807, 2.05) is 0 Å². The molecule has 1 nitrogen and oxygen atoms in total. The summed E-state index contributed by atoms with van der Waals surface area (Å²) in [6.07, 6.45) is 1.06. The molecule has 0 aliphatic rings. The van der Waals surface area contributed by atoms with E-state index in [1.54, 1.807) is 11.8 Å². The topological polar surface area (TPSA) is 23.8 Å². The zero-order valence-electron chi connectivity index (χ0n) is 7.79. The molecule has 0 bridgehead atoms. The first-order valence-electron chi connectivity index (χ1n) is 4.33. The second-order valence-electron chi connectivity index (χ2n) is 2.95. The Morgan fingerprint density at radius 1 is 1.31 bits per heavy atom. The number of hydrogen-bond acceptors (Lipinski definition) is 2. The fourth-order valence-electron chi connectivity index (χ4n) is 1.06. The number of nitriles is 1. The molecular formula is C11H13NS. The van der Waals surface area contributed by atoms with Crippen LogP contribution in [-0.2, 0) is 6.42 Å². The van der Waals surface area contributed by atoms with Crippen LogP contribution in [0.4, 0.5) is 0 Å². The third kappa shape index (κ3) is 4.00. The van der Waals surface area contributed by atoms with Crippen molar-refractivity contribution in [1.82, 2.24) is 0 Å². The van der Waals surface area contributed by atoms with Crippen LogP contribution in [0.15, 0.2) is 24.3 Å². The lowest BCUT2D eigenvalue weighted by molar-refractivity contribution is 1.15. The average Bonchev–Trinajstić information content (AvgIpc) is 2.15. The molecule has 0 aliphatic carbocycles. The standard InChI is InChI=1S/C11H13NS/c1-10-2-4-11(5-3-10)6-8-13-9-7-12/h2-5H,6,8-9H2,1H3. The second kappa shape index (κ2) is 5.66. The summed E-state index contributed by atoms with van der Waals surface area (Å²) in [7, 11) is 0. The van der Waals surface area contributed by atoms with E-state index in [0.29, 0.717) is 5.75 Å². The van der Waals surface area contributed by atoms with Crippen molar-refractivity contribution in [3.8, 4) is 6.07 Å². The van der Waals surface area contributed by atoms with Gasteiger partial charge in [0.2, 0.25) is 0 Å². The highest BCUT2D eigenvalue weighted by Crippen LogP contribution is 2.07. The SMILES string of the molecule is Cc1ccc(CCSCC#N)cc1. The van der Waals surface area contributed by atoms with Crippen LogP contribution in [-0.4, -0.2) is 11.5 Å². The molecule has 0 amide bonds. The molecule has 0 atom stereocenters. The van der Waals surface area contributed by atoms with Crippen LogP contribution in [0.2, 0.25) is 0 Å². The number of nitrogens with zero attached hydrogens (tertiary/aromatic N) is 1. The van der Waals surface area contributed by atoms with E-state index in [2.05, 4.69) is 37.3 Å². The average molecular weight is 191 g/mol. The fraction of sp³-hybridized carbons (Fsp3) is 0.364. The molecular weight excluding hydrogens is 178 g/mol. The summed E-state index contributed by atoms with van der Waals surface area (Å²) in [5.74, 6) is 1.64. The summed E-state index contributed by atoms with van der Waals surface area (Å²) in [4.78, 5) is 0. The van der Waals surface area contributed by atoms with Crippen molar-refractivity contribution in [2.45, 2.75) is 13.3 Å². The predicted molar refractivity (Wildman–Crippen MR) is 57.8 cm³/mol. The Morgan fingerprint density at radius 3 is 2.62 bits per heavy atom. The van der Waals surface area contributed by atoms with Crippen molar-refractivity contribution in [3.63, 3.8) is 0 Å². The number of rotatable bonds is 4. The molecule has 68 valence electrons. The highest BCUT2D eigenvalue weighted by molar-refractivity contribution is 7.99. The van der Waals surface area contributed by atoms with Crippen molar-refractivity contribution < 1.29 is 0 Å². The van der Waals surface area contributed by atoms with Crippen LogP contribution in [0.25, 0.3) is 0 Å². The maximum atomic E-state index is 8.33. The Morgan fingerprint density at radius 2 is 2.00 bits per heavy atom. The zero-order valence-corrected chi connectivity index (χ0v) is 8.60. The summed E-state index contributed by atoms with van der Waals surface area (Å²) >= 11 is 1.69. The van der Waals surface area contributed by atoms with Gasteiger partial charge >= 0.3 is 0 Å². The van der Waals surface area contributed by atoms with E-state index in [0.717, 1.165) is 12.2 Å². The van der Waals surface area contributed by atoms with Crippen molar-refractivity contribution in [3.05, 3.63) is 35.4 Å². The first-order valence-corrected chi connectivity index (χ1v) is 5.48. The van der Waals surface area contributed by atoms with Gasteiger partial charge in [-0.05, 0) is 24.7 Å². The summed E-state index contributed by atoms with van der Waals surface area (Å²) in [5, 5.41) is 8.33. The first-order chi connectivity index (χ1) is 6.33. The van der Waals surface area contributed by atoms with Gasteiger partial charge in [0.25, 0.3) is 0 Å². The third-order valence-electron chi connectivity index (χ3n) is 1.82. The summed E-state index contributed by atoms with van der Waals surface area (Å²) in [5.41, 5.74) is 2.66. The van der Waals surface area contributed by atoms with Gasteiger partial charge in [-0.1, -0.05) is 29.8 Å². The molecule has 0 N–H and O–H groups in total. The Balaban J connectivity index is 2.30. The molecule has 0 unspecified atom stereocenters. The highest BCUT2D eigenvalue weighted by atomic mass is 32.2. The molecule has 0 aromatic heterocycles. The smallest absolute Gasteiger partial charge is 0.0808 e. The summed E-state index contributed by atoms with van der Waals surface area (Å²) < 4.78 is 0. The molecule has 1 aromatic carbocycles. The van der Waals surface area contributed by atoms with Gasteiger partial charge in [-0.15, -0.1) is 11.8 Å². The largest absolute Gasteiger partial charge is 0.197 e. The van der Waals surface area contributed by atoms with Crippen LogP contribution < -0.4 is 0 Å². The summed E-state index contributed by atoms with van der Waals surface area (Å²) in [6.45, 7) is 2.09. The maximum absolute atomic E-state index is 8.33. The van der Waals surface area contributed by atoms with Crippen LogP contribution >= 0.6 is 11.8 Å². The minimum atomic E-state index is 0.603. The van der Waals surface area contributed by atoms with Gasteiger partial charge in [0.15, 0.2) is 0 Å². The molecule has 0 saturated heterocycles. The van der Waals surface area contributed by atoms with Crippen LogP contribution in [0.5, 0.6) is 0 Å². The predicted octanol–water partition coefficient (Wildman–Crippen LogP) is 2.79. The Bertz CT molecular complexity index is 284. The molecule has 1 aromatic rings. The van der Waals surface area contributed by atoms with Gasteiger partial charge in [0.05, 0.1) is 11.8 Å². The molecule has 1 rings (SSSR count). The molecule has 0 radical (unpaired) electrons. The molecule has 13 heavy (non-hydrogen) atoms. The Hall–Kier alpha value is -0.940. The Labute approximate surface area is 83.8 Å². The van der Waals surface area contributed by atoms with E-state index in [1.165, 1.54) is 11.1 Å². The van der Waals surface area contributed by atoms with Crippen LogP contribution in [0.1, 0.15) is 11.1 Å². The van der Waals surface area contributed by atoms with Gasteiger partial charge in [-0.2, -0.15) is 5.26 Å². The van der Waals surface area contributed by atoms with Crippen molar-refractivity contribution in [2.75, 3.05) is 11.5 Å². The van der Waals surface area contributed by atoms with Gasteiger partial charge in [0.1, 0.15) is 0 Å². The zero-order chi connectivity index (χ0) is 9.52. The van der Waals surface area contributed by atoms with Crippen molar-refractivity contribution in [2.24, 2.45) is 0 Å². The Kier molecular flexibility index (Phi) is 4.42. The lowest BCUT2D eigenvalue weighted by Crippen LogP contribution is -1.88. The molecule has 2 heteroatoms. The van der Waals surface area contributed by atoms with Gasteiger partial charge < -0.3 is 0 Å². The molecule has 0 fully saturated rings. The van der Waals surface area contributed by atoms with E-state index >= 15 is 0 Å². The van der Waals surface area contributed by atoms with E-state index in [-0.39, 0.29) is 0 Å². The summed E-state index contributed by atoms with van der Waals surface area (Å²) in [6, 6.07) is 10.7. The normalized spacial score (nSPS) is 9.54. The monoisotopic (exact) mass is 191 g/mol. The number of benzene rings is 1. The van der Waals surface area contributed by atoms with Crippen LogP contribution in [0.3, 0.4) is 0 Å². The fourth-order valence-corrected chi connectivity index (χ4v) is 1.68. The van der Waals surface area contributed by atoms with E-state index in [9.17, 15) is 0 Å². The number of hydrogen-bond donors (Lipinski definition) is 0. The second-order valence-corrected chi connectivity index (χ2v) is 4.05. The molecule has 0 heterocycles. The minimum absolute atomic E-state index is 0.603. The highest BCUT2D eigenvalue weighted by Gasteiger charge is 1.92. The molecule has 0 aliphatic heterocycles. The quantitative estimate of drug-likeness (QED) is 0.683. The molecule has 0 saturated carbocycles. The first kappa shape index (κ1) is 10.1. The van der Waals surface area contributed by atoms with Crippen molar-refractivity contribution in [1.29, 1.82) is 5.26 Å². The van der Waals surface area contributed by atoms with Crippen LogP contribution in [0, 0.1) is 18.3 Å². The third-order valence-corrected chi connectivity index (χ3v) is 2.65. The molecule has 0 spiro atoms. The van der Waals surface area contributed by atoms with Crippen molar-refractivity contribution >= 4 is 11.8 Å². The minimum Gasteiger partial charge on any atom is -0.197 e. The van der Waals surface area contributed by atoms with E-state index in [4.69, 9.17) is 5.26 Å². The number of aryl methyl sites for hydroxylation is 2. The van der Waals surface area contributed by atoms with E-state index < -0.39 is 0 Å². The lowest BCUT2D eigenvalue weighted by Gasteiger charge is -1.99. The van der Waals surface area contributed by atoms with Gasteiger partial charge in [-0.25, -0.2) is 0 Å². The lowest BCUT2D eigenvalue weighted by atomic mass is 10.1. The van der Waals surface area contributed by atoms with Gasteiger partial charge in [-0.3, -0.25) is 0 Å². The maximum Gasteiger partial charge on any atom is 0.0808 e. The van der Waals surface area contributed by atoms with Gasteiger partial charge in [0, 0.05) is 0 Å². The number of thioether (sulfide) groups is 1.